The van der Waals surface area contributed by atoms with Gasteiger partial charge in [-0.3, -0.25) is 4.79 Å². The number of benzene rings is 1. The number of ether oxygens (including phenoxy) is 1. The summed E-state index contributed by atoms with van der Waals surface area (Å²) in [7, 11) is 1.68. The van der Waals surface area contributed by atoms with Gasteiger partial charge in [0.15, 0.2) is 0 Å². The van der Waals surface area contributed by atoms with E-state index >= 15 is 0 Å². The molecule has 92 valence electrons. The molecule has 1 amide bonds. The molecular weight excluding hydrogens is 282 g/mol. The summed E-state index contributed by atoms with van der Waals surface area (Å²) in [5.41, 5.74) is 3.41. The summed E-state index contributed by atoms with van der Waals surface area (Å²) in [6.07, 6.45) is 1.41. The fourth-order valence-electron chi connectivity index (χ4n) is 2.10. The number of anilines is 1. The predicted molar refractivity (Wildman–Crippen MR) is 71.6 cm³/mol. The Balaban J connectivity index is 2.16. The highest BCUT2D eigenvalue weighted by Crippen LogP contribution is 2.30. The van der Waals surface area contributed by atoms with Crippen molar-refractivity contribution >= 4 is 27.5 Å². The number of carbonyl (C=O) groups is 1. The fourth-order valence-corrected chi connectivity index (χ4v) is 2.45. The topological polar surface area (TPSA) is 29.5 Å². The fraction of sp³-hybridized carbons (Fsp3) is 0.462. The molecule has 0 unspecified atom stereocenters. The maximum atomic E-state index is 11.9. The first-order chi connectivity index (χ1) is 8.26. The van der Waals surface area contributed by atoms with Crippen LogP contribution in [0.15, 0.2) is 18.2 Å². The van der Waals surface area contributed by atoms with E-state index < -0.39 is 0 Å². The van der Waals surface area contributed by atoms with Gasteiger partial charge in [0.2, 0.25) is 5.91 Å². The molecule has 0 aromatic heterocycles. The van der Waals surface area contributed by atoms with Crippen molar-refractivity contribution in [3.63, 3.8) is 0 Å². The highest BCUT2D eigenvalue weighted by molar-refractivity contribution is 9.08. The number of carbonyl (C=O) groups excluding carboxylic acids is 1. The molecule has 0 saturated carbocycles. The Bertz CT molecular complexity index is 420. The quantitative estimate of drug-likeness (QED) is 0.617. The van der Waals surface area contributed by atoms with Crippen LogP contribution in [-0.2, 0) is 21.3 Å². The Morgan fingerprint density at radius 3 is 3.00 bits per heavy atom. The molecule has 4 heteroatoms. The highest BCUT2D eigenvalue weighted by atomic mass is 79.9. The number of hydrogen-bond acceptors (Lipinski definition) is 2. The number of nitrogens with zero attached hydrogens (tertiary/aromatic N) is 1. The van der Waals surface area contributed by atoms with Crippen molar-refractivity contribution in [2.45, 2.75) is 18.2 Å². The van der Waals surface area contributed by atoms with Gasteiger partial charge in [-0.15, -0.1) is 0 Å². The van der Waals surface area contributed by atoms with Crippen LogP contribution in [-0.4, -0.2) is 26.2 Å². The SMILES string of the molecule is COCCCN1C(=O)Cc2ccc(CBr)cc21. The van der Waals surface area contributed by atoms with E-state index in [9.17, 15) is 4.79 Å². The summed E-state index contributed by atoms with van der Waals surface area (Å²) in [5, 5.41) is 0.820. The van der Waals surface area contributed by atoms with Crippen LogP contribution in [0, 0.1) is 0 Å². The molecule has 0 N–H and O–H groups in total. The number of fused-ring (bicyclic) bond motifs is 1. The molecule has 0 bridgehead atoms. The molecular formula is C13H16BrNO2. The average molecular weight is 298 g/mol. The summed E-state index contributed by atoms with van der Waals surface area (Å²) in [4.78, 5) is 13.8. The van der Waals surface area contributed by atoms with Crippen molar-refractivity contribution < 1.29 is 9.53 Å². The average Bonchev–Trinajstić information content (AvgIpc) is 2.65. The van der Waals surface area contributed by atoms with Crippen molar-refractivity contribution in [1.29, 1.82) is 0 Å². The standard InChI is InChI=1S/C13H16BrNO2/c1-17-6-2-5-15-12-7-10(9-14)3-4-11(12)8-13(15)16/h3-4,7H,2,5-6,8-9H2,1H3. The summed E-state index contributed by atoms with van der Waals surface area (Å²) in [6.45, 7) is 1.43. The molecule has 2 rings (SSSR count). The van der Waals surface area contributed by atoms with Gasteiger partial charge in [0.05, 0.1) is 6.42 Å². The molecule has 1 aromatic rings. The van der Waals surface area contributed by atoms with Gasteiger partial charge >= 0.3 is 0 Å². The van der Waals surface area contributed by atoms with Gasteiger partial charge in [0.25, 0.3) is 0 Å². The second-order valence-corrected chi connectivity index (χ2v) is 4.73. The van der Waals surface area contributed by atoms with Crippen molar-refractivity contribution in [1.82, 2.24) is 0 Å². The van der Waals surface area contributed by atoms with Crippen molar-refractivity contribution in [3.8, 4) is 0 Å². The molecule has 1 heterocycles. The molecule has 3 nitrogen and oxygen atoms in total. The van der Waals surface area contributed by atoms with Gasteiger partial charge in [0, 0.05) is 31.3 Å². The molecule has 0 aliphatic carbocycles. The van der Waals surface area contributed by atoms with E-state index in [-0.39, 0.29) is 5.91 Å². The normalized spacial score (nSPS) is 14.2. The number of rotatable bonds is 5. The second-order valence-electron chi connectivity index (χ2n) is 4.17. The van der Waals surface area contributed by atoms with E-state index in [1.54, 1.807) is 7.11 Å². The van der Waals surface area contributed by atoms with Crippen LogP contribution >= 0.6 is 15.9 Å². The van der Waals surface area contributed by atoms with Gasteiger partial charge < -0.3 is 9.64 Å². The van der Waals surface area contributed by atoms with Gasteiger partial charge in [-0.1, -0.05) is 28.1 Å². The Labute approximate surface area is 110 Å². The summed E-state index contributed by atoms with van der Waals surface area (Å²) < 4.78 is 5.02. The van der Waals surface area contributed by atoms with Crippen LogP contribution in [0.4, 0.5) is 5.69 Å². The number of hydrogen-bond donors (Lipinski definition) is 0. The van der Waals surface area contributed by atoms with Crippen LogP contribution in [0.25, 0.3) is 0 Å². The third-order valence-electron chi connectivity index (χ3n) is 2.97. The van der Waals surface area contributed by atoms with Gasteiger partial charge in [-0.05, 0) is 23.6 Å². The minimum Gasteiger partial charge on any atom is -0.385 e. The first-order valence-corrected chi connectivity index (χ1v) is 6.85. The maximum Gasteiger partial charge on any atom is 0.231 e. The summed E-state index contributed by atoms with van der Waals surface area (Å²) in [6, 6.07) is 6.22. The first kappa shape index (κ1) is 12.6. The Morgan fingerprint density at radius 2 is 2.29 bits per heavy atom. The zero-order valence-corrected chi connectivity index (χ0v) is 11.5. The van der Waals surface area contributed by atoms with Crippen LogP contribution in [0.3, 0.4) is 0 Å². The predicted octanol–water partition coefficient (Wildman–Crippen LogP) is 2.51. The smallest absolute Gasteiger partial charge is 0.231 e. The third kappa shape index (κ3) is 2.69. The second kappa shape index (κ2) is 5.65. The zero-order valence-electron chi connectivity index (χ0n) is 9.91. The number of methoxy groups -OCH3 is 1. The largest absolute Gasteiger partial charge is 0.385 e. The van der Waals surface area contributed by atoms with Crippen LogP contribution in [0.1, 0.15) is 17.5 Å². The van der Waals surface area contributed by atoms with E-state index in [0.717, 1.165) is 29.5 Å². The van der Waals surface area contributed by atoms with Gasteiger partial charge in [-0.25, -0.2) is 0 Å². The first-order valence-electron chi connectivity index (χ1n) is 5.73. The molecule has 17 heavy (non-hydrogen) atoms. The number of halogens is 1. The van der Waals surface area contributed by atoms with Gasteiger partial charge in [0.1, 0.15) is 0 Å². The lowest BCUT2D eigenvalue weighted by Crippen LogP contribution is -2.28. The third-order valence-corrected chi connectivity index (χ3v) is 3.62. The van der Waals surface area contributed by atoms with Gasteiger partial charge in [-0.2, -0.15) is 0 Å². The molecule has 1 aliphatic heterocycles. The van der Waals surface area contributed by atoms with E-state index in [1.807, 2.05) is 4.90 Å². The lowest BCUT2D eigenvalue weighted by Gasteiger charge is -2.17. The molecule has 1 aromatic carbocycles. The minimum atomic E-state index is 0.197. The van der Waals surface area contributed by atoms with Crippen LogP contribution < -0.4 is 4.90 Å². The molecule has 0 atom stereocenters. The monoisotopic (exact) mass is 297 g/mol. The number of amides is 1. The summed E-state index contributed by atoms with van der Waals surface area (Å²) >= 11 is 3.44. The highest BCUT2D eigenvalue weighted by Gasteiger charge is 2.26. The zero-order chi connectivity index (χ0) is 12.3. The molecule has 0 saturated heterocycles. The van der Waals surface area contributed by atoms with Crippen LogP contribution in [0.5, 0.6) is 0 Å². The van der Waals surface area contributed by atoms with E-state index in [2.05, 4.69) is 34.1 Å². The van der Waals surface area contributed by atoms with Crippen LogP contribution in [0.2, 0.25) is 0 Å². The molecule has 0 fully saturated rings. The van der Waals surface area contributed by atoms with Crippen molar-refractivity contribution in [2.24, 2.45) is 0 Å². The molecule has 1 aliphatic rings. The van der Waals surface area contributed by atoms with Crippen molar-refractivity contribution in [3.05, 3.63) is 29.3 Å². The maximum absolute atomic E-state index is 11.9. The van der Waals surface area contributed by atoms with E-state index in [0.29, 0.717) is 13.0 Å². The Morgan fingerprint density at radius 1 is 1.47 bits per heavy atom. The molecule has 0 radical (unpaired) electrons. The minimum absolute atomic E-state index is 0.197. The Hall–Kier alpha value is -0.870. The summed E-state index contributed by atoms with van der Waals surface area (Å²) in [5.74, 6) is 0.197. The lowest BCUT2D eigenvalue weighted by atomic mass is 10.1. The van der Waals surface area contributed by atoms with Crippen molar-refractivity contribution in [2.75, 3.05) is 25.2 Å². The molecule has 0 spiro atoms. The lowest BCUT2D eigenvalue weighted by molar-refractivity contribution is -0.117. The Kier molecular flexibility index (Phi) is 4.18. The number of alkyl halides is 1. The van der Waals surface area contributed by atoms with E-state index in [4.69, 9.17) is 4.74 Å². The van der Waals surface area contributed by atoms with E-state index in [1.165, 1.54) is 5.56 Å².